The van der Waals surface area contributed by atoms with Gasteiger partial charge in [0.1, 0.15) is 17.2 Å². The Bertz CT molecular complexity index is 1160. The summed E-state index contributed by atoms with van der Waals surface area (Å²) in [6, 6.07) is 13.0. The molecule has 0 radical (unpaired) electrons. The number of nitrogens with zero attached hydrogens (tertiary/aromatic N) is 4. The summed E-state index contributed by atoms with van der Waals surface area (Å²) in [6.45, 7) is 1.86. The van der Waals surface area contributed by atoms with Crippen LogP contribution >= 0.6 is 0 Å². The van der Waals surface area contributed by atoms with Crippen LogP contribution in [0.2, 0.25) is 0 Å². The highest BCUT2D eigenvalue weighted by atomic mass is 32.2. The quantitative estimate of drug-likeness (QED) is 0.577. The van der Waals surface area contributed by atoms with E-state index in [1.54, 1.807) is 41.3 Å². The van der Waals surface area contributed by atoms with Crippen molar-refractivity contribution < 1.29 is 27.5 Å². The molecule has 2 aliphatic rings. The van der Waals surface area contributed by atoms with E-state index in [-0.39, 0.29) is 27.5 Å². The fourth-order valence-corrected chi connectivity index (χ4v) is 5.16. The van der Waals surface area contributed by atoms with Crippen LogP contribution in [0.3, 0.4) is 0 Å². The number of likely N-dealkylation sites (N-methyl/N-ethyl adjacent to an activating group) is 1. The highest BCUT2D eigenvalue weighted by Gasteiger charge is 2.46. The predicted molar refractivity (Wildman–Crippen MR) is 119 cm³/mol. The van der Waals surface area contributed by atoms with Crippen LogP contribution in [0.1, 0.15) is 0 Å². The van der Waals surface area contributed by atoms with Crippen molar-refractivity contribution >= 4 is 33.6 Å². The van der Waals surface area contributed by atoms with Gasteiger partial charge < -0.3 is 14.5 Å². The topological polar surface area (TPSA) is 108 Å². The first-order valence-corrected chi connectivity index (χ1v) is 11.9. The number of anilines is 1. The van der Waals surface area contributed by atoms with Gasteiger partial charge in [0, 0.05) is 31.9 Å². The van der Waals surface area contributed by atoms with Crippen LogP contribution in [0, 0.1) is 0 Å². The fraction of sp³-hybridized carbons (Fsp3) is 0.318. The summed E-state index contributed by atoms with van der Waals surface area (Å²) in [5.41, 5.74) is 0.413. The molecule has 2 saturated heterocycles. The van der Waals surface area contributed by atoms with Crippen molar-refractivity contribution in [3.8, 4) is 5.75 Å². The molecule has 0 spiro atoms. The lowest BCUT2D eigenvalue weighted by molar-refractivity contribution is -0.135. The Kier molecular flexibility index (Phi) is 6.34. The van der Waals surface area contributed by atoms with Crippen LogP contribution in [-0.4, -0.2) is 86.7 Å². The highest BCUT2D eigenvalue weighted by molar-refractivity contribution is 7.90. The molecule has 33 heavy (non-hydrogen) atoms. The maximum Gasteiger partial charge on any atom is 0.346 e. The van der Waals surface area contributed by atoms with E-state index in [9.17, 15) is 22.8 Å². The molecule has 174 valence electrons. The Morgan fingerprint density at radius 3 is 2.27 bits per heavy atom. The van der Waals surface area contributed by atoms with Crippen LogP contribution in [0.4, 0.5) is 10.5 Å². The zero-order valence-electron chi connectivity index (χ0n) is 18.1. The zero-order valence-corrected chi connectivity index (χ0v) is 18.9. The molecule has 11 heteroatoms. The third-order valence-electron chi connectivity index (χ3n) is 5.57. The van der Waals surface area contributed by atoms with Gasteiger partial charge in [0.05, 0.1) is 0 Å². The number of piperazine rings is 1. The van der Waals surface area contributed by atoms with Crippen molar-refractivity contribution in [3.05, 3.63) is 54.6 Å². The summed E-state index contributed by atoms with van der Waals surface area (Å²) in [4.78, 5) is 42.5. The van der Waals surface area contributed by atoms with Gasteiger partial charge in [0.15, 0.2) is 6.61 Å². The van der Waals surface area contributed by atoms with Crippen molar-refractivity contribution in [2.45, 2.75) is 4.90 Å². The van der Waals surface area contributed by atoms with Crippen molar-refractivity contribution in [1.82, 2.24) is 14.1 Å². The number of ether oxygens (including phenoxy) is 1. The summed E-state index contributed by atoms with van der Waals surface area (Å²) >= 11 is 0. The molecule has 0 bridgehead atoms. The summed E-state index contributed by atoms with van der Waals surface area (Å²) < 4.78 is 32.4. The van der Waals surface area contributed by atoms with Gasteiger partial charge in [-0.05, 0) is 31.3 Å². The minimum atomic E-state index is -4.55. The maximum absolute atomic E-state index is 13.3. The number of benzene rings is 2. The van der Waals surface area contributed by atoms with Gasteiger partial charge in [-0.25, -0.2) is 13.2 Å². The molecule has 0 aliphatic carbocycles. The van der Waals surface area contributed by atoms with E-state index in [0.717, 1.165) is 18.0 Å². The van der Waals surface area contributed by atoms with Crippen LogP contribution in [0.5, 0.6) is 5.75 Å². The van der Waals surface area contributed by atoms with E-state index in [1.165, 1.54) is 18.2 Å². The molecule has 10 nitrogen and oxygen atoms in total. The Balaban J connectivity index is 1.53. The third-order valence-corrected chi connectivity index (χ3v) is 7.30. The Hall–Kier alpha value is -3.44. The summed E-state index contributed by atoms with van der Waals surface area (Å²) in [6.07, 6.45) is 0. The molecule has 0 atom stereocenters. The average molecular weight is 473 g/mol. The van der Waals surface area contributed by atoms with Crippen LogP contribution < -0.4 is 9.64 Å². The molecule has 2 aromatic carbocycles. The Morgan fingerprint density at radius 2 is 1.58 bits per heavy atom. The van der Waals surface area contributed by atoms with E-state index in [1.807, 2.05) is 7.05 Å². The first-order valence-electron chi connectivity index (χ1n) is 10.4. The second-order valence-electron chi connectivity index (χ2n) is 7.79. The van der Waals surface area contributed by atoms with E-state index >= 15 is 0 Å². The Labute approximate surface area is 192 Å². The van der Waals surface area contributed by atoms with Gasteiger partial charge >= 0.3 is 6.03 Å². The fourth-order valence-electron chi connectivity index (χ4n) is 3.70. The summed E-state index contributed by atoms with van der Waals surface area (Å²) in [7, 11) is -2.58. The number of rotatable bonds is 6. The van der Waals surface area contributed by atoms with Gasteiger partial charge in [0.25, 0.3) is 21.8 Å². The number of hydrogen-bond acceptors (Lipinski definition) is 7. The largest absolute Gasteiger partial charge is 0.482 e. The van der Waals surface area contributed by atoms with Gasteiger partial charge in [-0.15, -0.1) is 4.31 Å². The molecular weight excluding hydrogens is 448 g/mol. The molecule has 0 unspecified atom stereocenters. The SMILES string of the molecule is CN1CCN(C(=O)COc2ccccc2S(=O)(=O)N2C(=O)CN(c3ccccc3)C2=O)CC1. The van der Waals surface area contributed by atoms with Crippen molar-refractivity contribution in [3.63, 3.8) is 0 Å². The number of imide groups is 1. The second-order valence-corrected chi connectivity index (χ2v) is 9.54. The molecule has 2 aromatic rings. The van der Waals surface area contributed by atoms with Gasteiger partial charge in [-0.2, -0.15) is 0 Å². The third kappa shape index (κ3) is 4.55. The molecule has 0 N–H and O–H groups in total. The minimum Gasteiger partial charge on any atom is -0.482 e. The van der Waals surface area contributed by atoms with Crippen LogP contribution in [0.15, 0.2) is 59.5 Å². The number of carbonyl (C=O) groups is 3. The summed E-state index contributed by atoms with van der Waals surface area (Å²) in [5, 5.41) is 0. The number of para-hydroxylation sites is 2. The highest BCUT2D eigenvalue weighted by Crippen LogP contribution is 2.31. The van der Waals surface area contributed by atoms with Crippen molar-refractivity contribution in [2.24, 2.45) is 0 Å². The number of amides is 4. The second kappa shape index (κ2) is 9.20. The number of urea groups is 1. The van der Waals surface area contributed by atoms with E-state index in [0.29, 0.717) is 18.8 Å². The lowest BCUT2D eigenvalue weighted by Gasteiger charge is -2.32. The first kappa shape index (κ1) is 22.7. The first-order chi connectivity index (χ1) is 15.8. The molecule has 0 saturated carbocycles. The summed E-state index contributed by atoms with van der Waals surface area (Å²) in [5.74, 6) is -1.23. The van der Waals surface area contributed by atoms with E-state index in [2.05, 4.69) is 4.90 Å². The molecule has 0 aromatic heterocycles. The van der Waals surface area contributed by atoms with E-state index in [4.69, 9.17) is 4.74 Å². The molecule has 4 amide bonds. The van der Waals surface area contributed by atoms with E-state index < -0.39 is 28.5 Å². The monoisotopic (exact) mass is 472 g/mol. The zero-order chi connectivity index (χ0) is 23.6. The van der Waals surface area contributed by atoms with Crippen molar-refractivity contribution in [1.29, 1.82) is 0 Å². The Morgan fingerprint density at radius 1 is 0.939 bits per heavy atom. The lowest BCUT2D eigenvalue weighted by atomic mass is 10.3. The number of sulfonamides is 1. The standard InChI is InChI=1S/C22H24N4O6S/c1-23-11-13-24(14-12-23)21(28)16-32-18-9-5-6-10-19(18)33(30,31)26-20(27)15-25(22(26)29)17-7-3-2-4-8-17/h2-10H,11-16H2,1H3. The predicted octanol–water partition coefficient (Wildman–Crippen LogP) is 0.997. The normalized spacial score (nSPS) is 17.5. The van der Waals surface area contributed by atoms with Gasteiger partial charge in [-0.3, -0.25) is 14.5 Å². The lowest BCUT2D eigenvalue weighted by Crippen LogP contribution is -2.48. The molecule has 2 fully saturated rings. The van der Waals surface area contributed by atoms with Gasteiger partial charge in [0.2, 0.25) is 0 Å². The minimum absolute atomic E-state index is 0.0984. The smallest absolute Gasteiger partial charge is 0.346 e. The molecule has 2 aliphatic heterocycles. The van der Waals surface area contributed by atoms with Crippen molar-refractivity contribution in [2.75, 3.05) is 51.3 Å². The number of hydrogen-bond donors (Lipinski definition) is 0. The molecule has 4 rings (SSSR count). The molecular formula is C22H24N4O6S. The van der Waals surface area contributed by atoms with Crippen LogP contribution in [0.25, 0.3) is 0 Å². The molecule has 2 heterocycles. The van der Waals surface area contributed by atoms with Crippen LogP contribution in [-0.2, 0) is 19.6 Å². The van der Waals surface area contributed by atoms with Gasteiger partial charge in [-0.1, -0.05) is 30.3 Å². The number of carbonyl (C=O) groups excluding carboxylic acids is 3. The average Bonchev–Trinajstić information content (AvgIpc) is 3.13. The maximum atomic E-state index is 13.3.